The van der Waals surface area contributed by atoms with E-state index in [1.54, 1.807) is 6.08 Å². The van der Waals surface area contributed by atoms with E-state index in [4.69, 9.17) is 4.74 Å². The Bertz CT molecular complexity index is 1290. The maximum Gasteiger partial charge on any atom is 0.305 e. The average molecular weight is 1080 g/mol. The molecule has 77 heavy (non-hydrogen) atoms. The first-order valence-electron chi connectivity index (χ1n) is 34.4. The average Bonchev–Trinajstić information content (AvgIpc) is 3.43. The third-order valence-corrected chi connectivity index (χ3v) is 15.8. The highest BCUT2D eigenvalue weighted by Crippen LogP contribution is 2.18. The monoisotopic (exact) mass is 1080 g/mol. The van der Waals surface area contributed by atoms with Gasteiger partial charge in [-0.25, -0.2) is 0 Å². The highest BCUT2D eigenvalue weighted by atomic mass is 16.5. The van der Waals surface area contributed by atoms with E-state index in [-0.39, 0.29) is 18.5 Å². The number of rotatable bonds is 64. The Kier molecular flexibility index (Phi) is 64.5. The molecule has 3 N–H and O–H groups in total. The van der Waals surface area contributed by atoms with Gasteiger partial charge < -0.3 is 20.3 Å². The zero-order valence-corrected chi connectivity index (χ0v) is 51.7. The van der Waals surface area contributed by atoms with Gasteiger partial charge in [-0.2, -0.15) is 0 Å². The first kappa shape index (κ1) is 74.8. The van der Waals surface area contributed by atoms with Crippen LogP contribution in [0.25, 0.3) is 0 Å². The van der Waals surface area contributed by atoms with Gasteiger partial charge >= 0.3 is 5.97 Å². The van der Waals surface area contributed by atoms with Crippen LogP contribution in [0.1, 0.15) is 367 Å². The van der Waals surface area contributed by atoms with E-state index in [0.29, 0.717) is 19.4 Å². The lowest BCUT2D eigenvalue weighted by Crippen LogP contribution is -2.45. The molecule has 452 valence electrons. The Hall–Kier alpha value is -2.18. The van der Waals surface area contributed by atoms with Crippen molar-refractivity contribution < 1.29 is 24.5 Å². The molecule has 0 aliphatic rings. The number of hydrogen-bond donors (Lipinski definition) is 3. The number of allylic oxidation sites excluding steroid dienone is 7. The van der Waals surface area contributed by atoms with Crippen molar-refractivity contribution in [1.29, 1.82) is 0 Å². The third kappa shape index (κ3) is 62.9. The maximum atomic E-state index is 12.5. The molecule has 0 aromatic carbocycles. The molecule has 1 amide bonds. The molecule has 6 nitrogen and oxygen atoms in total. The molecule has 0 saturated carbocycles. The fraction of sp³-hybridized carbons (Fsp3) is 0.859. The topological polar surface area (TPSA) is 95.9 Å². The number of carbonyl (C=O) groups is 2. The van der Waals surface area contributed by atoms with E-state index in [9.17, 15) is 19.8 Å². The third-order valence-electron chi connectivity index (χ3n) is 15.8. The molecule has 0 fully saturated rings. The van der Waals surface area contributed by atoms with Crippen molar-refractivity contribution in [3.8, 4) is 0 Å². The number of nitrogens with one attached hydrogen (secondary N) is 1. The molecular formula is C71H133NO5. The Balaban J connectivity index is 3.42. The normalized spacial score (nSPS) is 12.8. The quantitative estimate of drug-likeness (QED) is 0.0320. The van der Waals surface area contributed by atoms with Crippen molar-refractivity contribution in [2.75, 3.05) is 13.2 Å². The maximum absolute atomic E-state index is 12.5. The highest BCUT2D eigenvalue weighted by Gasteiger charge is 2.18. The number of hydrogen-bond acceptors (Lipinski definition) is 5. The summed E-state index contributed by atoms with van der Waals surface area (Å²) < 4.78 is 5.48. The molecule has 6 heteroatoms. The minimum Gasteiger partial charge on any atom is -0.466 e. The molecule has 2 unspecified atom stereocenters. The highest BCUT2D eigenvalue weighted by molar-refractivity contribution is 5.76. The van der Waals surface area contributed by atoms with E-state index >= 15 is 0 Å². The first-order valence-corrected chi connectivity index (χ1v) is 34.4. The van der Waals surface area contributed by atoms with Crippen molar-refractivity contribution in [1.82, 2.24) is 5.32 Å². The van der Waals surface area contributed by atoms with Gasteiger partial charge in [0.1, 0.15) is 0 Å². The second-order valence-electron chi connectivity index (χ2n) is 23.5. The number of ether oxygens (including phenoxy) is 1. The lowest BCUT2D eigenvalue weighted by atomic mass is 10.0. The second-order valence-corrected chi connectivity index (χ2v) is 23.5. The Morgan fingerprint density at radius 3 is 1.04 bits per heavy atom. The van der Waals surface area contributed by atoms with Crippen LogP contribution in [0, 0.1) is 0 Å². The minimum absolute atomic E-state index is 0.0000734. The first-order chi connectivity index (χ1) is 38.0. The molecule has 0 aliphatic carbocycles. The molecule has 0 aromatic rings. The zero-order valence-electron chi connectivity index (χ0n) is 51.7. The summed E-state index contributed by atoms with van der Waals surface area (Å²) in [7, 11) is 0. The number of unbranched alkanes of at least 4 members (excludes halogenated alkanes) is 47. The lowest BCUT2D eigenvalue weighted by molar-refractivity contribution is -0.143. The van der Waals surface area contributed by atoms with Crippen LogP contribution in [0.15, 0.2) is 48.6 Å². The van der Waals surface area contributed by atoms with Crippen LogP contribution in [-0.4, -0.2) is 47.4 Å². The predicted octanol–water partition coefficient (Wildman–Crippen LogP) is 22.1. The van der Waals surface area contributed by atoms with Gasteiger partial charge in [0.05, 0.1) is 25.4 Å². The van der Waals surface area contributed by atoms with Crippen LogP contribution >= 0.6 is 0 Å². The molecule has 0 aromatic heterocycles. The van der Waals surface area contributed by atoms with Crippen LogP contribution in [0.2, 0.25) is 0 Å². The molecule has 0 radical (unpaired) electrons. The molecule has 0 aliphatic heterocycles. The largest absolute Gasteiger partial charge is 0.466 e. The minimum atomic E-state index is -0.846. The summed E-state index contributed by atoms with van der Waals surface area (Å²) in [5.41, 5.74) is 0. The van der Waals surface area contributed by atoms with Gasteiger partial charge in [-0.15, -0.1) is 0 Å². The summed E-state index contributed by atoms with van der Waals surface area (Å²) in [5.74, 6) is -0.0663. The van der Waals surface area contributed by atoms with Crippen molar-refractivity contribution in [2.24, 2.45) is 0 Å². The van der Waals surface area contributed by atoms with E-state index in [0.717, 1.165) is 51.4 Å². The predicted molar refractivity (Wildman–Crippen MR) is 338 cm³/mol. The molecule has 0 spiro atoms. The standard InChI is InChI=1S/C71H133NO5/c1-3-5-7-9-11-13-15-17-19-20-30-33-36-39-43-47-51-55-59-63-69(74)68(67-73)72-70(75)64-60-56-52-48-44-40-37-34-31-28-26-24-22-21-23-25-27-29-32-35-38-42-46-50-54-58-62-66-77-71(76)65-61-57-53-49-45-41-18-16-14-12-10-8-6-4-2/h10,12,16,18,21-22,59,63,68-69,73-74H,3-9,11,13-15,17,19-20,23-58,60-62,64-67H2,1-2H3,(H,72,75)/b12-10-,18-16-,22-21-,63-59+. The van der Waals surface area contributed by atoms with E-state index < -0.39 is 12.1 Å². The van der Waals surface area contributed by atoms with Crippen LogP contribution in [0.5, 0.6) is 0 Å². The van der Waals surface area contributed by atoms with Crippen LogP contribution in [-0.2, 0) is 14.3 Å². The SMILES string of the molecule is CCCC/C=C\C/C=C\CCCCCCCC(=O)OCCCCCCCCCCCCCC/C=C\CCCCCCCCCCCCCC(=O)NC(CO)C(O)/C=C/CCCCCCCCCCCCCCCCCCC. The fourth-order valence-corrected chi connectivity index (χ4v) is 10.5. The Labute approximate surface area is 480 Å². The number of esters is 1. The Morgan fingerprint density at radius 2 is 0.662 bits per heavy atom. The summed E-state index contributed by atoms with van der Waals surface area (Å²) in [5, 5.41) is 23.2. The summed E-state index contributed by atoms with van der Waals surface area (Å²) in [6, 6.07) is -0.630. The summed E-state index contributed by atoms with van der Waals surface area (Å²) in [4.78, 5) is 24.6. The van der Waals surface area contributed by atoms with Crippen molar-refractivity contribution in [3.63, 3.8) is 0 Å². The molecule has 0 rings (SSSR count). The fourth-order valence-electron chi connectivity index (χ4n) is 10.5. The summed E-state index contributed by atoms with van der Waals surface area (Å²) in [6.45, 7) is 4.88. The molecule has 0 bridgehead atoms. The van der Waals surface area contributed by atoms with Gasteiger partial charge in [0.2, 0.25) is 5.91 Å². The smallest absolute Gasteiger partial charge is 0.305 e. The van der Waals surface area contributed by atoms with Gasteiger partial charge in [-0.05, 0) is 83.5 Å². The molecular weight excluding hydrogens is 947 g/mol. The van der Waals surface area contributed by atoms with Gasteiger partial charge in [-0.3, -0.25) is 9.59 Å². The molecule has 2 atom stereocenters. The van der Waals surface area contributed by atoms with Crippen molar-refractivity contribution >= 4 is 11.9 Å². The Morgan fingerprint density at radius 1 is 0.364 bits per heavy atom. The number of carbonyl (C=O) groups excluding carboxylic acids is 2. The van der Waals surface area contributed by atoms with E-state index in [1.165, 1.54) is 289 Å². The number of amides is 1. The van der Waals surface area contributed by atoms with Crippen molar-refractivity contribution in [3.05, 3.63) is 48.6 Å². The van der Waals surface area contributed by atoms with Gasteiger partial charge in [0, 0.05) is 12.8 Å². The second kappa shape index (κ2) is 66.3. The summed E-state index contributed by atoms with van der Waals surface area (Å²) in [6.07, 6.45) is 86.1. The van der Waals surface area contributed by atoms with Gasteiger partial charge in [0.25, 0.3) is 0 Å². The van der Waals surface area contributed by atoms with Crippen molar-refractivity contribution in [2.45, 2.75) is 379 Å². The number of aliphatic hydroxyl groups is 2. The lowest BCUT2D eigenvalue weighted by Gasteiger charge is -2.20. The molecule has 0 saturated heterocycles. The molecule has 0 heterocycles. The van der Waals surface area contributed by atoms with Crippen LogP contribution in [0.3, 0.4) is 0 Å². The van der Waals surface area contributed by atoms with E-state index in [2.05, 4.69) is 55.6 Å². The number of aliphatic hydroxyl groups excluding tert-OH is 2. The van der Waals surface area contributed by atoms with Crippen LogP contribution < -0.4 is 5.32 Å². The summed E-state index contributed by atoms with van der Waals surface area (Å²) >= 11 is 0. The van der Waals surface area contributed by atoms with E-state index in [1.807, 2.05) is 6.08 Å². The van der Waals surface area contributed by atoms with Crippen LogP contribution in [0.4, 0.5) is 0 Å². The zero-order chi connectivity index (χ0) is 55.7. The van der Waals surface area contributed by atoms with Gasteiger partial charge in [-0.1, -0.05) is 319 Å². The van der Waals surface area contributed by atoms with Gasteiger partial charge in [0.15, 0.2) is 0 Å².